The summed E-state index contributed by atoms with van der Waals surface area (Å²) >= 11 is 6.34. The molecule has 146 valence electrons. The number of nitrogens with two attached hydrogens (primary N) is 2. The van der Waals surface area contributed by atoms with E-state index in [1.807, 2.05) is 55.5 Å². The Labute approximate surface area is 172 Å². The van der Waals surface area contributed by atoms with E-state index in [1.165, 1.54) is 0 Å². The van der Waals surface area contributed by atoms with Gasteiger partial charge in [-0.05, 0) is 36.6 Å². The van der Waals surface area contributed by atoms with Gasteiger partial charge in [0.2, 0.25) is 5.95 Å². The lowest BCUT2D eigenvalue weighted by Crippen LogP contribution is -2.26. The van der Waals surface area contributed by atoms with Gasteiger partial charge in [-0.1, -0.05) is 41.9 Å². The van der Waals surface area contributed by atoms with Crippen molar-refractivity contribution < 1.29 is 0 Å². The van der Waals surface area contributed by atoms with Crippen LogP contribution in [-0.4, -0.2) is 14.5 Å². The minimum atomic E-state index is -0.292. The zero-order valence-corrected chi connectivity index (χ0v) is 16.4. The molecule has 5 N–H and O–H groups in total. The normalized spacial score (nSPS) is 12.1. The van der Waals surface area contributed by atoms with Gasteiger partial charge in [0.05, 0.1) is 16.5 Å². The molecule has 7 nitrogen and oxygen atoms in total. The maximum atomic E-state index is 13.4. The maximum absolute atomic E-state index is 13.4. The molecule has 0 amide bonds. The number of anilines is 3. The van der Waals surface area contributed by atoms with Gasteiger partial charge in [0, 0.05) is 17.4 Å². The van der Waals surface area contributed by atoms with Crippen LogP contribution in [0.15, 0.2) is 65.5 Å². The molecular weight excluding hydrogens is 388 g/mol. The van der Waals surface area contributed by atoms with Crippen LogP contribution < -0.4 is 22.3 Å². The molecule has 0 aliphatic rings. The van der Waals surface area contributed by atoms with Gasteiger partial charge in [0.25, 0.3) is 5.56 Å². The summed E-state index contributed by atoms with van der Waals surface area (Å²) in [4.78, 5) is 21.5. The molecule has 0 aliphatic carbocycles. The molecule has 0 spiro atoms. The third-order valence-electron chi connectivity index (χ3n) is 4.61. The predicted molar refractivity (Wildman–Crippen MR) is 117 cm³/mol. The average Bonchev–Trinajstić information content (AvgIpc) is 2.67. The highest BCUT2D eigenvalue weighted by Crippen LogP contribution is 2.27. The molecule has 8 heteroatoms. The van der Waals surface area contributed by atoms with Crippen molar-refractivity contribution in [1.29, 1.82) is 0 Å². The van der Waals surface area contributed by atoms with Crippen LogP contribution in [0.3, 0.4) is 0 Å². The largest absolute Gasteiger partial charge is 0.383 e. The lowest BCUT2D eigenvalue weighted by Gasteiger charge is -2.21. The van der Waals surface area contributed by atoms with Crippen LogP contribution in [0, 0.1) is 0 Å². The molecule has 0 bridgehead atoms. The molecule has 4 rings (SSSR count). The smallest absolute Gasteiger partial charge is 0.264 e. The molecule has 2 aromatic heterocycles. The van der Waals surface area contributed by atoms with Crippen LogP contribution in [-0.2, 0) is 0 Å². The number of benzene rings is 2. The zero-order valence-electron chi connectivity index (χ0n) is 15.6. The second-order valence-electron chi connectivity index (χ2n) is 6.65. The Bertz CT molecular complexity index is 1240. The first-order chi connectivity index (χ1) is 13.9. The fourth-order valence-electron chi connectivity index (χ4n) is 3.36. The topological polar surface area (TPSA) is 112 Å². The van der Waals surface area contributed by atoms with Crippen LogP contribution in [0.1, 0.15) is 18.7 Å². The Kier molecular flexibility index (Phi) is 4.82. The van der Waals surface area contributed by atoms with Crippen molar-refractivity contribution in [2.24, 2.45) is 0 Å². The van der Waals surface area contributed by atoms with E-state index in [1.54, 1.807) is 16.7 Å². The summed E-state index contributed by atoms with van der Waals surface area (Å²) in [7, 11) is 0. The van der Waals surface area contributed by atoms with Crippen LogP contribution in [0.5, 0.6) is 0 Å². The van der Waals surface area contributed by atoms with Gasteiger partial charge < -0.3 is 16.8 Å². The number of halogens is 1. The summed E-state index contributed by atoms with van der Waals surface area (Å²) < 4.78 is 1.65. The minimum Gasteiger partial charge on any atom is -0.383 e. The first-order valence-corrected chi connectivity index (χ1v) is 9.38. The number of para-hydroxylation sites is 1. The fraction of sp³-hybridized carbons (Fsp3) is 0.0952. The Morgan fingerprint density at radius 1 is 1.03 bits per heavy atom. The van der Waals surface area contributed by atoms with E-state index in [0.29, 0.717) is 16.2 Å². The van der Waals surface area contributed by atoms with Gasteiger partial charge in [-0.15, -0.1) is 0 Å². The number of nitrogens with one attached hydrogen (secondary N) is 1. The summed E-state index contributed by atoms with van der Waals surface area (Å²) in [6.45, 7) is 1.93. The second kappa shape index (κ2) is 7.44. The molecule has 0 radical (unpaired) electrons. The number of aromatic nitrogens is 3. The van der Waals surface area contributed by atoms with E-state index in [0.717, 1.165) is 16.8 Å². The van der Waals surface area contributed by atoms with Gasteiger partial charge in [0.1, 0.15) is 11.6 Å². The van der Waals surface area contributed by atoms with Crippen molar-refractivity contribution in [3.8, 4) is 5.69 Å². The number of nitrogens with zero attached hydrogens (tertiary/aromatic N) is 3. The highest BCUT2D eigenvalue weighted by atomic mass is 35.5. The predicted octanol–water partition coefficient (Wildman–Crippen LogP) is 3.77. The van der Waals surface area contributed by atoms with Crippen molar-refractivity contribution >= 4 is 40.0 Å². The summed E-state index contributed by atoms with van der Waals surface area (Å²) in [6.07, 6.45) is 0. The molecule has 1 atom stereocenters. The molecule has 2 aromatic carbocycles. The number of hydrogen-bond acceptors (Lipinski definition) is 6. The molecule has 0 saturated carbocycles. The highest BCUT2D eigenvalue weighted by Gasteiger charge is 2.18. The zero-order chi connectivity index (χ0) is 20.5. The van der Waals surface area contributed by atoms with Crippen molar-refractivity contribution in [3.63, 3.8) is 0 Å². The first kappa shape index (κ1) is 18.8. The quantitative estimate of drug-likeness (QED) is 0.475. The number of pyridine rings is 1. The Balaban J connectivity index is 1.91. The SMILES string of the molecule is C[C@H](Nc1cc(N)nc(N)n1)c1cc2cccc(Cl)c2c(=O)n1-c1ccccc1. The number of fused-ring (bicyclic) bond motifs is 1. The van der Waals surface area contributed by atoms with Crippen molar-refractivity contribution in [3.05, 3.63) is 81.7 Å². The van der Waals surface area contributed by atoms with E-state index in [-0.39, 0.29) is 23.4 Å². The van der Waals surface area contributed by atoms with Crippen LogP contribution >= 0.6 is 11.6 Å². The van der Waals surface area contributed by atoms with Gasteiger partial charge >= 0.3 is 0 Å². The molecule has 0 aliphatic heterocycles. The number of nitrogen functional groups attached to an aromatic ring is 2. The molecular formula is C21H19ClN6O. The van der Waals surface area contributed by atoms with Crippen LogP contribution in [0.2, 0.25) is 5.02 Å². The van der Waals surface area contributed by atoms with E-state index >= 15 is 0 Å². The molecule has 4 aromatic rings. The summed E-state index contributed by atoms with van der Waals surface area (Å²) in [6, 6.07) is 18.1. The lowest BCUT2D eigenvalue weighted by molar-refractivity contribution is 0.773. The average molecular weight is 407 g/mol. The number of hydrogen-bond donors (Lipinski definition) is 3. The van der Waals surface area contributed by atoms with E-state index < -0.39 is 0 Å². The molecule has 2 heterocycles. The molecule has 0 unspecified atom stereocenters. The second-order valence-corrected chi connectivity index (χ2v) is 7.06. The summed E-state index contributed by atoms with van der Waals surface area (Å²) in [5.41, 5.74) is 12.8. The van der Waals surface area contributed by atoms with Gasteiger partial charge in [-0.3, -0.25) is 9.36 Å². The summed E-state index contributed by atoms with van der Waals surface area (Å²) in [5, 5.41) is 4.91. The molecule has 29 heavy (non-hydrogen) atoms. The third kappa shape index (κ3) is 3.60. The lowest BCUT2D eigenvalue weighted by atomic mass is 10.1. The van der Waals surface area contributed by atoms with Crippen molar-refractivity contribution in [2.75, 3.05) is 16.8 Å². The van der Waals surface area contributed by atoms with Crippen LogP contribution in [0.25, 0.3) is 16.5 Å². The van der Waals surface area contributed by atoms with Crippen molar-refractivity contribution in [1.82, 2.24) is 14.5 Å². The minimum absolute atomic E-state index is 0.0745. The van der Waals surface area contributed by atoms with Gasteiger partial charge in [-0.25, -0.2) is 0 Å². The monoisotopic (exact) mass is 406 g/mol. The Morgan fingerprint density at radius 2 is 1.79 bits per heavy atom. The van der Waals surface area contributed by atoms with Crippen LogP contribution in [0.4, 0.5) is 17.6 Å². The maximum Gasteiger partial charge on any atom is 0.264 e. The summed E-state index contributed by atoms with van der Waals surface area (Å²) in [5.74, 6) is 0.809. The molecule has 0 fully saturated rings. The number of rotatable bonds is 4. The third-order valence-corrected chi connectivity index (χ3v) is 4.93. The Morgan fingerprint density at radius 3 is 2.52 bits per heavy atom. The Hall–Kier alpha value is -3.58. The van der Waals surface area contributed by atoms with E-state index in [9.17, 15) is 4.79 Å². The van der Waals surface area contributed by atoms with Gasteiger partial charge in [-0.2, -0.15) is 9.97 Å². The van der Waals surface area contributed by atoms with Crippen molar-refractivity contribution in [2.45, 2.75) is 13.0 Å². The van der Waals surface area contributed by atoms with E-state index in [4.69, 9.17) is 23.1 Å². The fourth-order valence-corrected chi connectivity index (χ4v) is 3.62. The molecule has 0 saturated heterocycles. The first-order valence-electron chi connectivity index (χ1n) is 9.00. The van der Waals surface area contributed by atoms with E-state index in [2.05, 4.69) is 15.3 Å². The van der Waals surface area contributed by atoms with Gasteiger partial charge in [0.15, 0.2) is 0 Å². The highest BCUT2D eigenvalue weighted by molar-refractivity contribution is 6.35. The standard InChI is InChI=1S/C21H19ClN6O/c1-12(25-18-11-17(23)26-21(24)27-18)16-10-13-6-5-9-15(22)19(13)20(29)28(16)14-7-3-2-4-8-14/h2-12H,1H3,(H5,23,24,25,26,27)/t12-/m0/s1.